The largest absolute Gasteiger partial charge is 0.466 e. The fourth-order valence-corrected chi connectivity index (χ4v) is 11.7. The zero-order valence-electron chi connectivity index (χ0n) is 54.3. The number of rotatable bonds is 69. The zero-order valence-corrected chi connectivity index (χ0v) is 54.3. The Morgan fingerprint density at radius 1 is 0.350 bits per heavy atom. The number of aliphatic hydroxyl groups excluding tert-OH is 2. The van der Waals surface area contributed by atoms with E-state index in [9.17, 15) is 19.8 Å². The van der Waals surface area contributed by atoms with Crippen molar-refractivity contribution < 1.29 is 24.5 Å². The van der Waals surface area contributed by atoms with Crippen LogP contribution in [-0.2, 0) is 14.3 Å². The van der Waals surface area contributed by atoms with Crippen LogP contribution >= 0.6 is 0 Å². The molecule has 6 heteroatoms. The first-order valence-corrected chi connectivity index (χ1v) is 36.6. The van der Waals surface area contributed by atoms with E-state index < -0.39 is 12.1 Å². The summed E-state index contributed by atoms with van der Waals surface area (Å²) in [6.07, 6.45) is 88.0. The normalized spacial score (nSPS) is 12.6. The Bertz CT molecular complexity index is 1250. The van der Waals surface area contributed by atoms with Crippen molar-refractivity contribution in [3.8, 4) is 0 Å². The number of carbonyl (C=O) groups is 2. The number of aliphatic hydroxyl groups is 2. The third-order valence-electron chi connectivity index (χ3n) is 17.3. The molecule has 2 unspecified atom stereocenters. The van der Waals surface area contributed by atoms with Crippen LogP contribution in [0.1, 0.15) is 412 Å². The molecule has 0 rings (SSSR count). The van der Waals surface area contributed by atoms with Crippen molar-refractivity contribution in [3.63, 3.8) is 0 Å². The second-order valence-corrected chi connectivity index (χ2v) is 25.3. The van der Waals surface area contributed by atoms with Gasteiger partial charge in [-0.2, -0.15) is 0 Å². The van der Waals surface area contributed by atoms with Crippen LogP contribution in [0.25, 0.3) is 0 Å². The van der Waals surface area contributed by atoms with Gasteiger partial charge in [0.2, 0.25) is 5.91 Å². The summed E-state index contributed by atoms with van der Waals surface area (Å²) in [5, 5.41) is 23.5. The zero-order chi connectivity index (χ0) is 57.8. The van der Waals surface area contributed by atoms with Crippen LogP contribution in [0, 0.1) is 0 Å². The SMILES string of the molecule is CCCCC/C=C\C/C=C\CCCCCCCCCC(=O)OCCCCCCCCCCCCCCCCCCCCCCCC(=O)NC(CO)C(O)CCCCCCCCCCCCCCCCCCCCCCCCCCC. The van der Waals surface area contributed by atoms with Crippen molar-refractivity contribution in [2.75, 3.05) is 13.2 Å². The molecule has 474 valence electrons. The molecule has 0 spiro atoms. The molecule has 6 nitrogen and oxygen atoms in total. The van der Waals surface area contributed by atoms with E-state index in [-0.39, 0.29) is 18.5 Å². The second kappa shape index (κ2) is 69.8. The van der Waals surface area contributed by atoms with Gasteiger partial charge in [-0.25, -0.2) is 0 Å². The Kier molecular flexibility index (Phi) is 68.4. The van der Waals surface area contributed by atoms with E-state index in [0.29, 0.717) is 25.9 Å². The van der Waals surface area contributed by atoms with E-state index >= 15 is 0 Å². The van der Waals surface area contributed by atoms with Crippen LogP contribution in [0.2, 0.25) is 0 Å². The highest BCUT2D eigenvalue weighted by atomic mass is 16.5. The summed E-state index contributed by atoms with van der Waals surface area (Å²) in [6.45, 7) is 4.96. The average molecular weight is 1130 g/mol. The molecule has 0 aliphatic rings. The summed E-state index contributed by atoms with van der Waals surface area (Å²) >= 11 is 0. The molecule has 80 heavy (non-hydrogen) atoms. The van der Waals surface area contributed by atoms with Gasteiger partial charge < -0.3 is 20.3 Å². The molecule has 0 aromatic carbocycles. The summed E-state index contributed by atoms with van der Waals surface area (Å²) in [6, 6.07) is -0.544. The van der Waals surface area contributed by atoms with Crippen LogP contribution in [0.15, 0.2) is 24.3 Å². The van der Waals surface area contributed by atoms with Crippen LogP contribution < -0.4 is 5.32 Å². The van der Waals surface area contributed by atoms with Gasteiger partial charge in [0.05, 0.1) is 25.4 Å². The van der Waals surface area contributed by atoms with Crippen molar-refractivity contribution in [1.29, 1.82) is 0 Å². The second-order valence-electron chi connectivity index (χ2n) is 25.3. The standard InChI is InChI=1S/C74H143NO5/c1-3-5-7-9-11-13-15-17-19-21-22-23-24-25-26-28-31-35-38-42-46-50-54-58-62-66-72(77)71(70-76)75-73(78)67-63-59-55-51-47-43-39-36-32-29-27-30-33-37-41-45-49-53-57-61-65-69-80-74(79)68-64-60-56-52-48-44-40-34-20-18-16-14-12-10-8-6-4-2/h12,14,18,20,71-72,76-77H,3-11,13,15-17,19,21-70H2,1-2H3,(H,75,78)/b14-12-,20-18-. The third-order valence-corrected chi connectivity index (χ3v) is 17.3. The summed E-state index contributed by atoms with van der Waals surface area (Å²) in [4.78, 5) is 24.7. The number of ether oxygens (including phenoxy) is 1. The van der Waals surface area contributed by atoms with Gasteiger partial charge in [-0.15, -0.1) is 0 Å². The smallest absolute Gasteiger partial charge is 0.305 e. The highest BCUT2D eigenvalue weighted by Gasteiger charge is 2.20. The van der Waals surface area contributed by atoms with Crippen molar-refractivity contribution in [1.82, 2.24) is 5.32 Å². The minimum atomic E-state index is -0.667. The number of hydrogen-bond donors (Lipinski definition) is 3. The first-order valence-electron chi connectivity index (χ1n) is 36.6. The number of nitrogens with one attached hydrogen (secondary N) is 1. The minimum absolute atomic E-state index is 0.00549. The van der Waals surface area contributed by atoms with Gasteiger partial charge in [-0.05, 0) is 57.8 Å². The van der Waals surface area contributed by atoms with Gasteiger partial charge in [0.15, 0.2) is 0 Å². The summed E-state index contributed by atoms with van der Waals surface area (Å²) in [5.41, 5.74) is 0. The van der Waals surface area contributed by atoms with Gasteiger partial charge in [0.1, 0.15) is 0 Å². The van der Waals surface area contributed by atoms with Gasteiger partial charge in [0.25, 0.3) is 0 Å². The molecule has 3 N–H and O–H groups in total. The molecule has 0 aliphatic carbocycles. The topological polar surface area (TPSA) is 95.9 Å². The number of esters is 1. The Morgan fingerprint density at radius 3 is 0.975 bits per heavy atom. The monoisotopic (exact) mass is 1130 g/mol. The van der Waals surface area contributed by atoms with E-state index in [4.69, 9.17) is 4.74 Å². The Balaban J connectivity index is 3.38. The van der Waals surface area contributed by atoms with Crippen molar-refractivity contribution in [3.05, 3.63) is 24.3 Å². The summed E-state index contributed by atoms with van der Waals surface area (Å²) < 4.78 is 5.50. The third kappa shape index (κ3) is 65.5. The molecular formula is C74H143NO5. The molecule has 0 aromatic rings. The molecule has 0 saturated heterocycles. The number of unbranched alkanes of at least 4 members (excludes halogenated alkanes) is 54. The van der Waals surface area contributed by atoms with E-state index in [1.54, 1.807) is 0 Å². The fraction of sp³-hybridized carbons (Fsp3) is 0.919. The Labute approximate surface area is 501 Å². The van der Waals surface area contributed by atoms with E-state index in [2.05, 4.69) is 43.5 Å². The lowest BCUT2D eigenvalue weighted by molar-refractivity contribution is -0.143. The van der Waals surface area contributed by atoms with E-state index in [1.807, 2.05) is 0 Å². The van der Waals surface area contributed by atoms with Gasteiger partial charge in [-0.1, -0.05) is 366 Å². The van der Waals surface area contributed by atoms with Crippen molar-refractivity contribution in [2.45, 2.75) is 424 Å². The lowest BCUT2D eigenvalue weighted by atomic mass is 10.0. The lowest BCUT2D eigenvalue weighted by Gasteiger charge is -2.22. The molecule has 0 heterocycles. The first kappa shape index (κ1) is 78.3. The average Bonchev–Trinajstić information content (AvgIpc) is 3.46. The van der Waals surface area contributed by atoms with Crippen molar-refractivity contribution in [2.24, 2.45) is 0 Å². The molecule has 1 amide bonds. The molecular weight excluding hydrogens is 983 g/mol. The number of carbonyl (C=O) groups excluding carboxylic acids is 2. The maximum atomic E-state index is 12.6. The quantitative estimate of drug-likeness (QED) is 0.0320. The lowest BCUT2D eigenvalue weighted by Crippen LogP contribution is -2.45. The Morgan fingerprint density at radius 2 is 0.625 bits per heavy atom. The van der Waals surface area contributed by atoms with Crippen LogP contribution in [0.5, 0.6) is 0 Å². The highest BCUT2D eigenvalue weighted by molar-refractivity contribution is 5.76. The maximum Gasteiger partial charge on any atom is 0.305 e. The molecule has 0 aromatic heterocycles. The van der Waals surface area contributed by atoms with Gasteiger partial charge in [0, 0.05) is 12.8 Å². The van der Waals surface area contributed by atoms with Gasteiger partial charge >= 0.3 is 5.97 Å². The first-order chi connectivity index (χ1) is 39.5. The Hall–Kier alpha value is -1.66. The van der Waals surface area contributed by atoms with Crippen LogP contribution in [0.3, 0.4) is 0 Å². The van der Waals surface area contributed by atoms with E-state index in [0.717, 1.165) is 51.4 Å². The minimum Gasteiger partial charge on any atom is -0.466 e. The maximum absolute atomic E-state index is 12.6. The number of allylic oxidation sites excluding steroid dienone is 4. The van der Waals surface area contributed by atoms with Crippen molar-refractivity contribution >= 4 is 11.9 Å². The predicted molar refractivity (Wildman–Crippen MR) is 352 cm³/mol. The van der Waals surface area contributed by atoms with Gasteiger partial charge in [-0.3, -0.25) is 9.59 Å². The predicted octanol–water partition coefficient (Wildman–Crippen LogP) is 23.7. The summed E-state index contributed by atoms with van der Waals surface area (Å²) in [5.74, 6) is -0.0254. The van der Waals surface area contributed by atoms with E-state index in [1.165, 1.54) is 327 Å². The highest BCUT2D eigenvalue weighted by Crippen LogP contribution is 2.19. The fourth-order valence-electron chi connectivity index (χ4n) is 11.7. The molecule has 0 fully saturated rings. The van der Waals surface area contributed by atoms with Crippen LogP contribution in [-0.4, -0.2) is 47.4 Å². The molecule has 2 atom stereocenters. The molecule has 0 bridgehead atoms. The number of hydrogen-bond acceptors (Lipinski definition) is 5. The van der Waals surface area contributed by atoms with Crippen LogP contribution in [0.4, 0.5) is 0 Å². The molecule has 0 radical (unpaired) electrons. The molecule has 0 aliphatic heterocycles. The number of amides is 1. The molecule has 0 saturated carbocycles. The summed E-state index contributed by atoms with van der Waals surface area (Å²) in [7, 11) is 0.